The third kappa shape index (κ3) is 3.21. The third-order valence-electron chi connectivity index (χ3n) is 4.65. The molecule has 0 saturated heterocycles. The highest BCUT2D eigenvalue weighted by atomic mass is 16.1. The lowest BCUT2D eigenvalue weighted by Gasteiger charge is -2.09. The van der Waals surface area contributed by atoms with Gasteiger partial charge >= 0.3 is 0 Å². The molecule has 1 rings (SSSR count). The van der Waals surface area contributed by atoms with Crippen LogP contribution in [0.1, 0.15) is 48.0 Å². The molecule has 0 aromatic heterocycles. The molecule has 0 bridgehead atoms. The number of carbonyl (C=O) groups is 1. The van der Waals surface area contributed by atoms with Gasteiger partial charge in [0.1, 0.15) is 0 Å². The predicted octanol–water partition coefficient (Wildman–Crippen LogP) is 2.17. The second-order valence-electron chi connectivity index (χ2n) is 6.67. The van der Waals surface area contributed by atoms with E-state index in [-0.39, 0.29) is 11.9 Å². The highest BCUT2D eigenvalue weighted by Gasteiger charge is 2.63. The van der Waals surface area contributed by atoms with Gasteiger partial charge in [-0.25, -0.2) is 0 Å². The summed E-state index contributed by atoms with van der Waals surface area (Å²) in [6.45, 7) is 15.1. The molecule has 0 aliphatic heterocycles. The van der Waals surface area contributed by atoms with Gasteiger partial charge in [-0.05, 0) is 37.1 Å². The van der Waals surface area contributed by atoms with Crippen molar-refractivity contribution in [3.05, 3.63) is 0 Å². The van der Waals surface area contributed by atoms with Crippen molar-refractivity contribution in [3.63, 3.8) is 0 Å². The van der Waals surface area contributed by atoms with Gasteiger partial charge < -0.3 is 10.6 Å². The molecule has 2 N–H and O–H groups in total. The monoisotopic (exact) mass is 240 g/mol. The van der Waals surface area contributed by atoms with Crippen molar-refractivity contribution in [2.45, 2.75) is 54.0 Å². The molecule has 1 saturated carbocycles. The van der Waals surface area contributed by atoms with E-state index in [2.05, 4.69) is 38.3 Å². The Kier molecular flexibility index (Phi) is 4.23. The summed E-state index contributed by atoms with van der Waals surface area (Å²) in [6, 6.07) is 0.240. The second-order valence-corrected chi connectivity index (χ2v) is 6.67. The summed E-state index contributed by atoms with van der Waals surface area (Å²) in [7, 11) is 0. The average Bonchev–Trinajstić information content (AvgIpc) is 2.52. The molecule has 1 aliphatic carbocycles. The van der Waals surface area contributed by atoms with Gasteiger partial charge in [0.2, 0.25) is 5.91 Å². The number of hydrogen-bond donors (Lipinski definition) is 2. The number of amides is 1. The van der Waals surface area contributed by atoms with E-state index in [1.54, 1.807) is 0 Å². The number of carbonyl (C=O) groups excluding carboxylic acids is 1. The maximum absolute atomic E-state index is 11.4. The molecule has 3 heteroatoms. The molecule has 0 radical (unpaired) electrons. The Balaban J connectivity index is 2.13. The van der Waals surface area contributed by atoms with Gasteiger partial charge in [0.25, 0.3) is 0 Å². The SMILES string of the molecule is CC(C)NC(=O)CCNCC1C(C)(C)C1(C)C. The maximum Gasteiger partial charge on any atom is 0.221 e. The summed E-state index contributed by atoms with van der Waals surface area (Å²) in [5.74, 6) is 0.866. The van der Waals surface area contributed by atoms with Crippen LogP contribution in [0, 0.1) is 16.7 Å². The first kappa shape index (κ1) is 14.5. The molecule has 0 aromatic rings. The summed E-state index contributed by atoms with van der Waals surface area (Å²) in [5.41, 5.74) is 0.861. The molecular formula is C14H28N2O. The number of hydrogen-bond acceptors (Lipinski definition) is 2. The Morgan fingerprint density at radius 1 is 1.18 bits per heavy atom. The van der Waals surface area contributed by atoms with Crippen LogP contribution in [0.15, 0.2) is 0 Å². The highest BCUT2D eigenvalue weighted by molar-refractivity contribution is 5.76. The first-order valence-electron chi connectivity index (χ1n) is 6.69. The van der Waals surface area contributed by atoms with Crippen molar-refractivity contribution in [2.24, 2.45) is 16.7 Å². The molecule has 0 aromatic carbocycles. The van der Waals surface area contributed by atoms with Crippen LogP contribution in [0.25, 0.3) is 0 Å². The standard InChI is InChI=1S/C14H28N2O/c1-10(2)16-12(17)7-8-15-9-11-13(3,4)14(11,5)6/h10-11,15H,7-9H2,1-6H3,(H,16,17). The Morgan fingerprint density at radius 2 is 1.71 bits per heavy atom. The number of rotatable bonds is 6. The molecule has 17 heavy (non-hydrogen) atoms. The minimum absolute atomic E-state index is 0.141. The lowest BCUT2D eigenvalue weighted by Crippen LogP contribution is -2.33. The summed E-state index contributed by atoms with van der Waals surface area (Å²) < 4.78 is 0. The normalized spacial score (nSPS) is 21.6. The Morgan fingerprint density at radius 3 is 2.12 bits per heavy atom. The van der Waals surface area contributed by atoms with Crippen LogP contribution in [0.5, 0.6) is 0 Å². The van der Waals surface area contributed by atoms with Gasteiger partial charge in [0, 0.05) is 19.0 Å². The fraction of sp³-hybridized carbons (Fsp3) is 0.929. The molecule has 0 heterocycles. The van der Waals surface area contributed by atoms with Crippen LogP contribution < -0.4 is 10.6 Å². The molecule has 1 amide bonds. The Hall–Kier alpha value is -0.570. The zero-order chi connectivity index (χ0) is 13.3. The summed E-state index contributed by atoms with van der Waals surface area (Å²) in [6.07, 6.45) is 0.575. The van der Waals surface area contributed by atoms with Crippen molar-refractivity contribution in [3.8, 4) is 0 Å². The van der Waals surface area contributed by atoms with E-state index in [0.717, 1.165) is 19.0 Å². The molecule has 3 nitrogen and oxygen atoms in total. The third-order valence-corrected chi connectivity index (χ3v) is 4.65. The minimum Gasteiger partial charge on any atom is -0.354 e. The Bertz CT molecular complexity index is 268. The molecule has 0 unspecified atom stereocenters. The van der Waals surface area contributed by atoms with Gasteiger partial charge in [-0.1, -0.05) is 27.7 Å². The molecule has 0 spiro atoms. The van der Waals surface area contributed by atoms with Gasteiger partial charge in [-0.15, -0.1) is 0 Å². The average molecular weight is 240 g/mol. The second kappa shape index (κ2) is 4.97. The summed E-state index contributed by atoms with van der Waals surface area (Å²) >= 11 is 0. The molecule has 1 fully saturated rings. The van der Waals surface area contributed by atoms with E-state index in [4.69, 9.17) is 0 Å². The molecule has 100 valence electrons. The van der Waals surface area contributed by atoms with Gasteiger partial charge in [-0.2, -0.15) is 0 Å². The van der Waals surface area contributed by atoms with E-state index >= 15 is 0 Å². The van der Waals surface area contributed by atoms with Gasteiger partial charge in [0.15, 0.2) is 0 Å². The van der Waals surface area contributed by atoms with Crippen LogP contribution >= 0.6 is 0 Å². The van der Waals surface area contributed by atoms with E-state index in [9.17, 15) is 4.79 Å². The van der Waals surface area contributed by atoms with Crippen molar-refractivity contribution >= 4 is 5.91 Å². The largest absolute Gasteiger partial charge is 0.354 e. The first-order valence-corrected chi connectivity index (χ1v) is 6.69. The van der Waals surface area contributed by atoms with Crippen molar-refractivity contribution in [1.82, 2.24) is 10.6 Å². The van der Waals surface area contributed by atoms with Crippen LogP contribution in [-0.4, -0.2) is 25.0 Å². The topological polar surface area (TPSA) is 41.1 Å². The first-order chi connectivity index (χ1) is 7.69. The maximum atomic E-state index is 11.4. The lowest BCUT2D eigenvalue weighted by atomic mass is 10.0. The molecule has 0 atom stereocenters. The smallest absolute Gasteiger partial charge is 0.221 e. The lowest BCUT2D eigenvalue weighted by molar-refractivity contribution is -0.121. The van der Waals surface area contributed by atoms with Crippen molar-refractivity contribution in [2.75, 3.05) is 13.1 Å². The Labute approximate surface area is 106 Å². The number of nitrogens with one attached hydrogen (secondary N) is 2. The summed E-state index contributed by atoms with van der Waals surface area (Å²) in [5, 5.41) is 6.30. The zero-order valence-corrected chi connectivity index (χ0v) is 12.2. The van der Waals surface area contributed by atoms with E-state index in [1.165, 1.54) is 0 Å². The minimum atomic E-state index is 0.141. The zero-order valence-electron chi connectivity index (χ0n) is 12.2. The fourth-order valence-electron chi connectivity index (χ4n) is 2.69. The van der Waals surface area contributed by atoms with Crippen LogP contribution in [0.2, 0.25) is 0 Å². The summed E-state index contributed by atoms with van der Waals surface area (Å²) in [4.78, 5) is 11.4. The molecular weight excluding hydrogens is 212 g/mol. The van der Waals surface area contributed by atoms with E-state index in [1.807, 2.05) is 13.8 Å². The van der Waals surface area contributed by atoms with E-state index < -0.39 is 0 Å². The van der Waals surface area contributed by atoms with E-state index in [0.29, 0.717) is 17.3 Å². The van der Waals surface area contributed by atoms with Crippen LogP contribution in [0.4, 0.5) is 0 Å². The molecule has 1 aliphatic rings. The highest BCUT2D eigenvalue weighted by Crippen LogP contribution is 2.67. The van der Waals surface area contributed by atoms with Crippen molar-refractivity contribution < 1.29 is 4.79 Å². The fourth-order valence-corrected chi connectivity index (χ4v) is 2.69. The van der Waals surface area contributed by atoms with Crippen molar-refractivity contribution in [1.29, 1.82) is 0 Å². The van der Waals surface area contributed by atoms with Gasteiger partial charge in [0.05, 0.1) is 0 Å². The van der Waals surface area contributed by atoms with Crippen LogP contribution in [-0.2, 0) is 4.79 Å². The van der Waals surface area contributed by atoms with Gasteiger partial charge in [-0.3, -0.25) is 4.79 Å². The quantitative estimate of drug-likeness (QED) is 0.699. The van der Waals surface area contributed by atoms with Crippen LogP contribution in [0.3, 0.4) is 0 Å². The predicted molar refractivity (Wildman–Crippen MR) is 71.8 cm³/mol.